The van der Waals surface area contributed by atoms with Crippen molar-refractivity contribution < 1.29 is 12.8 Å². The average Bonchev–Trinajstić information content (AvgIpc) is 2.84. The summed E-state index contributed by atoms with van der Waals surface area (Å²) in [6.07, 6.45) is 0. The third-order valence-corrected chi connectivity index (χ3v) is 4.83. The van der Waals surface area contributed by atoms with Crippen molar-refractivity contribution in [1.82, 2.24) is 4.31 Å². The zero-order chi connectivity index (χ0) is 15.6. The molecule has 0 saturated carbocycles. The quantitative estimate of drug-likeness (QED) is 0.898. The number of anilines is 1. The molecule has 1 N–H and O–H groups in total. The fourth-order valence-electron chi connectivity index (χ4n) is 1.62. The van der Waals surface area contributed by atoms with E-state index in [0.29, 0.717) is 22.4 Å². The molecular weight excluding hydrogens is 335 g/mol. The number of hydrogen-bond donors (Lipinski definition) is 1. The molecule has 0 bridgehead atoms. The Morgan fingerprint density at radius 2 is 1.76 bits per heavy atom. The molecule has 0 amide bonds. The lowest BCUT2D eigenvalue weighted by Crippen LogP contribution is -2.21. The molecule has 1 aromatic carbocycles. The first-order valence-electron chi connectivity index (χ1n) is 6.00. The van der Waals surface area contributed by atoms with Crippen LogP contribution >= 0.6 is 23.2 Å². The van der Waals surface area contributed by atoms with Gasteiger partial charge >= 0.3 is 0 Å². The Bertz CT molecular complexity index is 721. The summed E-state index contributed by atoms with van der Waals surface area (Å²) in [6.45, 7) is 0.319. The zero-order valence-electron chi connectivity index (χ0n) is 11.4. The third kappa shape index (κ3) is 3.91. The van der Waals surface area contributed by atoms with E-state index in [0.717, 1.165) is 9.99 Å². The summed E-state index contributed by atoms with van der Waals surface area (Å²) in [4.78, 5) is 0. The molecular formula is C13H14Cl2N2O3S. The van der Waals surface area contributed by atoms with Crippen LogP contribution in [0.1, 0.15) is 5.76 Å². The van der Waals surface area contributed by atoms with Gasteiger partial charge in [-0.25, -0.2) is 12.7 Å². The molecule has 0 aliphatic carbocycles. The summed E-state index contributed by atoms with van der Waals surface area (Å²) in [5.41, 5.74) is 0.723. The van der Waals surface area contributed by atoms with Gasteiger partial charge in [-0.2, -0.15) is 0 Å². The summed E-state index contributed by atoms with van der Waals surface area (Å²) in [5.74, 6) is 0.492. The number of benzene rings is 1. The van der Waals surface area contributed by atoms with Gasteiger partial charge in [0.1, 0.15) is 5.76 Å². The first kappa shape index (κ1) is 16.2. The molecule has 1 aromatic heterocycles. The van der Waals surface area contributed by atoms with E-state index in [4.69, 9.17) is 27.6 Å². The van der Waals surface area contributed by atoms with Gasteiger partial charge < -0.3 is 9.73 Å². The minimum Gasteiger partial charge on any atom is -0.446 e. The van der Waals surface area contributed by atoms with Crippen LogP contribution in [0.25, 0.3) is 0 Å². The molecule has 114 valence electrons. The number of halogens is 2. The summed E-state index contributed by atoms with van der Waals surface area (Å²) in [5, 5.41) is 4.00. The van der Waals surface area contributed by atoms with Gasteiger partial charge in [-0.3, -0.25) is 0 Å². The van der Waals surface area contributed by atoms with Crippen LogP contribution < -0.4 is 5.32 Å². The van der Waals surface area contributed by atoms with E-state index in [9.17, 15) is 8.42 Å². The van der Waals surface area contributed by atoms with Crippen molar-refractivity contribution in [1.29, 1.82) is 0 Å². The minimum atomic E-state index is -3.56. The van der Waals surface area contributed by atoms with E-state index >= 15 is 0 Å². The van der Waals surface area contributed by atoms with Crippen LogP contribution in [0.2, 0.25) is 10.0 Å². The Balaban J connectivity index is 2.10. The highest BCUT2D eigenvalue weighted by Crippen LogP contribution is 2.23. The Kier molecular flexibility index (Phi) is 4.83. The highest BCUT2D eigenvalue weighted by Gasteiger charge is 2.21. The summed E-state index contributed by atoms with van der Waals surface area (Å²) in [7, 11) is -0.659. The lowest BCUT2D eigenvalue weighted by Gasteiger charge is -2.08. The van der Waals surface area contributed by atoms with Crippen LogP contribution in [0, 0.1) is 0 Å². The number of nitrogens with one attached hydrogen (secondary N) is 1. The largest absolute Gasteiger partial charge is 0.446 e. The number of rotatable bonds is 5. The van der Waals surface area contributed by atoms with Gasteiger partial charge in [0.25, 0.3) is 10.0 Å². The van der Waals surface area contributed by atoms with Crippen LogP contribution in [0.15, 0.2) is 39.8 Å². The number of furan rings is 1. The first-order valence-corrected chi connectivity index (χ1v) is 8.20. The molecule has 0 radical (unpaired) electrons. The van der Waals surface area contributed by atoms with E-state index in [1.807, 2.05) is 0 Å². The SMILES string of the molecule is CN(C)S(=O)(=O)c1ccc(CNc2cc(Cl)cc(Cl)c2)o1. The fourth-order valence-corrected chi connectivity index (χ4v) is 2.96. The van der Waals surface area contributed by atoms with Gasteiger partial charge in [-0.05, 0) is 30.3 Å². The Morgan fingerprint density at radius 3 is 2.33 bits per heavy atom. The summed E-state index contributed by atoms with van der Waals surface area (Å²) < 4.78 is 30.2. The molecule has 0 fully saturated rings. The van der Waals surface area contributed by atoms with E-state index in [2.05, 4.69) is 5.32 Å². The number of hydrogen-bond acceptors (Lipinski definition) is 4. The highest BCUT2D eigenvalue weighted by atomic mass is 35.5. The van der Waals surface area contributed by atoms with Gasteiger partial charge in [0.2, 0.25) is 5.09 Å². The molecule has 2 aromatic rings. The maximum absolute atomic E-state index is 11.9. The third-order valence-electron chi connectivity index (χ3n) is 2.70. The summed E-state index contributed by atoms with van der Waals surface area (Å²) >= 11 is 11.8. The van der Waals surface area contributed by atoms with Crippen LogP contribution in [0.4, 0.5) is 5.69 Å². The Hall–Kier alpha value is -1.21. The molecule has 0 aliphatic heterocycles. The second-order valence-corrected chi connectivity index (χ2v) is 7.48. The molecule has 1 heterocycles. The molecule has 21 heavy (non-hydrogen) atoms. The van der Waals surface area contributed by atoms with Crippen molar-refractivity contribution in [3.8, 4) is 0 Å². The maximum atomic E-state index is 11.9. The van der Waals surface area contributed by atoms with Crippen LogP contribution in [-0.2, 0) is 16.6 Å². The van der Waals surface area contributed by atoms with E-state index in [1.54, 1.807) is 24.3 Å². The summed E-state index contributed by atoms with van der Waals surface area (Å²) in [6, 6.07) is 8.09. The predicted molar refractivity (Wildman–Crippen MR) is 83.4 cm³/mol. The van der Waals surface area contributed by atoms with Crippen molar-refractivity contribution >= 4 is 38.9 Å². The van der Waals surface area contributed by atoms with Crippen molar-refractivity contribution in [2.45, 2.75) is 11.6 Å². The van der Waals surface area contributed by atoms with Gasteiger partial charge in [0, 0.05) is 29.8 Å². The van der Waals surface area contributed by atoms with Crippen LogP contribution in [-0.4, -0.2) is 26.8 Å². The molecule has 0 atom stereocenters. The lowest BCUT2D eigenvalue weighted by atomic mass is 10.3. The second-order valence-electron chi connectivity index (χ2n) is 4.52. The zero-order valence-corrected chi connectivity index (χ0v) is 13.8. The van der Waals surface area contributed by atoms with Crippen molar-refractivity contribution in [2.24, 2.45) is 0 Å². The molecule has 0 saturated heterocycles. The number of nitrogens with zero attached hydrogens (tertiary/aromatic N) is 1. The number of sulfonamides is 1. The Labute approximate surface area is 133 Å². The van der Waals surface area contributed by atoms with Crippen LogP contribution in [0.3, 0.4) is 0 Å². The predicted octanol–water partition coefficient (Wildman–Crippen LogP) is 3.45. The average molecular weight is 349 g/mol. The van der Waals surface area contributed by atoms with E-state index in [-0.39, 0.29) is 5.09 Å². The minimum absolute atomic E-state index is 0.0894. The standard InChI is InChI=1S/C13H14Cl2N2O3S/c1-17(2)21(18,19)13-4-3-12(20-13)8-16-11-6-9(14)5-10(15)7-11/h3-7,16H,8H2,1-2H3. The van der Waals surface area contributed by atoms with Crippen LogP contribution in [0.5, 0.6) is 0 Å². The van der Waals surface area contributed by atoms with Gasteiger partial charge in [-0.15, -0.1) is 0 Å². The van der Waals surface area contributed by atoms with Gasteiger partial charge in [0.15, 0.2) is 0 Å². The molecule has 0 spiro atoms. The van der Waals surface area contributed by atoms with Crippen molar-refractivity contribution in [3.63, 3.8) is 0 Å². The molecule has 5 nitrogen and oxygen atoms in total. The molecule has 0 unspecified atom stereocenters. The smallest absolute Gasteiger partial charge is 0.275 e. The van der Waals surface area contributed by atoms with Gasteiger partial charge in [0.05, 0.1) is 6.54 Å². The van der Waals surface area contributed by atoms with E-state index < -0.39 is 10.0 Å². The lowest BCUT2D eigenvalue weighted by molar-refractivity contribution is 0.402. The monoisotopic (exact) mass is 348 g/mol. The van der Waals surface area contributed by atoms with Crippen molar-refractivity contribution in [2.75, 3.05) is 19.4 Å². The normalized spacial score (nSPS) is 11.9. The van der Waals surface area contributed by atoms with Crippen molar-refractivity contribution in [3.05, 3.63) is 46.1 Å². The Morgan fingerprint density at radius 1 is 1.14 bits per heavy atom. The molecule has 0 aliphatic rings. The van der Waals surface area contributed by atoms with Gasteiger partial charge in [-0.1, -0.05) is 23.2 Å². The first-order chi connectivity index (χ1) is 9.79. The molecule has 2 rings (SSSR count). The maximum Gasteiger partial charge on any atom is 0.275 e. The fraction of sp³-hybridized carbons (Fsp3) is 0.231. The topological polar surface area (TPSA) is 62.6 Å². The second kappa shape index (κ2) is 6.27. The highest BCUT2D eigenvalue weighted by molar-refractivity contribution is 7.88. The van der Waals surface area contributed by atoms with E-state index in [1.165, 1.54) is 20.2 Å². The molecule has 8 heteroatoms.